The van der Waals surface area contributed by atoms with Crippen LogP contribution in [0, 0.1) is 23.0 Å². The third-order valence-corrected chi connectivity index (χ3v) is 2.99. The zero-order chi connectivity index (χ0) is 13.9. The Labute approximate surface area is 104 Å². The first-order valence-electron chi connectivity index (χ1n) is 5.75. The van der Waals surface area contributed by atoms with E-state index in [1.54, 1.807) is 6.92 Å². The molecular formula is C12H16N2O4. The van der Waals surface area contributed by atoms with Crippen LogP contribution in [0.3, 0.4) is 0 Å². The number of hydrogen-bond donors (Lipinski definition) is 0. The van der Waals surface area contributed by atoms with E-state index >= 15 is 0 Å². The predicted molar refractivity (Wildman–Crippen MR) is 66.6 cm³/mol. The molecule has 6 nitrogen and oxygen atoms in total. The third kappa shape index (κ3) is 3.03. The van der Waals surface area contributed by atoms with Crippen molar-refractivity contribution >= 4 is 11.5 Å². The summed E-state index contributed by atoms with van der Waals surface area (Å²) in [5.74, 6) is -0.255. The van der Waals surface area contributed by atoms with Crippen molar-refractivity contribution in [2.24, 2.45) is 5.92 Å². The Bertz CT molecular complexity index is 533. The van der Waals surface area contributed by atoms with Crippen LogP contribution in [0.4, 0.5) is 5.69 Å². The Hall–Kier alpha value is -1.98. The molecule has 18 heavy (non-hydrogen) atoms. The van der Waals surface area contributed by atoms with Crippen LogP contribution in [0.25, 0.3) is 0 Å². The van der Waals surface area contributed by atoms with E-state index in [-0.39, 0.29) is 23.9 Å². The molecule has 1 rings (SSSR count). The van der Waals surface area contributed by atoms with Crippen molar-refractivity contribution in [3.05, 3.63) is 38.3 Å². The second-order valence-electron chi connectivity index (χ2n) is 4.34. The van der Waals surface area contributed by atoms with Crippen LogP contribution in [0.1, 0.15) is 25.8 Å². The van der Waals surface area contributed by atoms with E-state index < -0.39 is 10.5 Å². The van der Waals surface area contributed by atoms with Gasteiger partial charge in [-0.2, -0.15) is 0 Å². The van der Waals surface area contributed by atoms with E-state index in [0.29, 0.717) is 12.0 Å². The number of nitro groups is 1. The monoisotopic (exact) mass is 252 g/mol. The Kier molecular flexibility index (Phi) is 4.36. The Morgan fingerprint density at radius 3 is 2.67 bits per heavy atom. The first kappa shape index (κ1) is 14.1. The largest absolute Gasteiger partial charge is 0.301 e. The van der Waals surface area contributed by atoms with Crippen LogP contribution < -0.4 is 5.56 Å². The smallest absolute Gasteiger partial charge is 0.288 e. The van der Waals surface area contributed by atoms with Crippen molar-refractivity contribution < 1.29 is 9.72 Å². The van der Waals surface area contributed by atoms with Crippen LogP contribution in [0.5, 0.6) is 0 Å². The van der Waals surface area contributed by atoms with Gasteiger partial charge in [0.15, 0.2) is 5.78 Å². The maximum absolute atomic E-state index is 11.7. The van der Waals surface area contributed by atoms with Crippen molar-refractivity contribution in [3.63, 3.8) is 0 Å². The van der Waals surface area contributed by atoms with Gasteiger partial charge in [0.1, 0.15) is 0 Å². The van der Waals surface area contributed by atoms with E-state index in [4.69, 9.17) is 0 Å². The van der Waals surface area contributed by atoms with Gasteiger partial charge in [-0.1, -0.05) is 13.8 Å². The van der Waals surface area contributed by atoms with Gasteiger partial charge in [-0.15, -0.1) is 0 Å². The fourth-order valence-electron chi connectivity index (χ4n) is 1.52. The minimum absolute atomic E-state index is 0.0993. The summed E-state index contributed by atoms with van der Waals surface area (Å²) < 4.78 is 1.10. The summed E-state index contributed by atoms with van der Waals surface area (Å²) in [5, 5.41) is 10.8. The van der Waals surface area contributed by atoms with Crippen molar-refractivity contribution in [2.45, 2.75) is 33.7 Å². The number of aromatic nitrogens is 1. The van der Waals surface area contributed by atoms with E-state index in [1.165, 1.54) is 13.0 Å². The van der Waals surface area contributed by atoms with Gasteiger partial charge in [0.2, 0.25) is 0 Å². The molecule has 1 heterocycles. The average Bonchev–Trinajstić information content (AvgIpc) is 2.30. The molecule has 0 saturated carbocycles. The van der Waals surface area contributed by atoms with E-state index in [0.717, 1.165) is 10.8 Å². The number of hydrogen-bond acceptors (Lipinski definition) is 4. The Morgan fingerprint density at radius 1 is 1.56 bits per heavy atom. The lowest BCUT2D eigenvalue weighted by Gasteiger charge is -2.09. The standard InChI is InChI=1S/C12H16N2O4/c1-4-8(2)11(15)7-13-6-10(14(17)18)9(3)5-12(13)16/h5-6,8H,4,7H2,1-3H3. The number of ketones is 1. The Balaban J connectivity index is 3.10. The first-order chi connectivity index (χ1) is 8.36. The third-order valence-electron chi connectivity index (χ3n) is 2.99. The van der Waals surface area contributed by atoms with Crippen LogP contribution in [0.2, 0.25) is 0 Å². The molecule has 0 radical (unpaired) electrons. The molecule has 0 spiro atoms. The minimum atomic E-state index is -0.557. The molecule has 0 amide bonds. The number of nitrogens with zero attached hydrogens (tertiary/aromatic N) is 2. The lowest BCUT2D eigenvalue weighted by atomic mass is 10.0. The molecule has 0 aliphatic rings. The summed E-state index contributed by atoms with van der Waals surface area (Å²) in [4.78, 5) is 33.6. The highest BCUT2D eigenvalue weighted by atomic mass is 16.6. The van der Waals surface area contributed by atoms with Crippen molar-refractivity contribution in [2.75, 3.05) is 0 Å². The molecule has 6 heteroatoms. The van der Waals surface area contributed by atoms with Gasteiger partial charge in [-0.05, 0) is 13.3 Å². The van der Waals surface area contributed by atoms with Crippen molar-refractivity contribution in [3.8, 4) is 0 Å². The second kappa shape index (κ2) is 5.57. The van der Waals surface area contributed by atoms with Gasteiger partial charge in [0.25, 0.3) is 11.2 Å². The normalized spacial score (nSPS) is 12.2. The van der Waals surface area contributed by atoms with Gasteiger partial charge < -0.3 is 4.57 Å². The first-order valence-corrected chi connectivity index (χ1v) is 5.75. The maximum atomic E-state index is 11.7. The van der Waals surface area contributed by atoms with Crippen LogP contribution in [-0.2, 0) is 11.3 Å². The summed E-state index contributed by atoms with van der Waals surface area (Å²) in [6, 6.07) is 1.18. The molecule has 0 aliphatic carbocycles. The number of rotatable bonds is 5. The Morgan fingerprint density at radius 2 is 2.17 bits per heavy atom. The zero-order valence-electron chi connectivity index (χ0n) is 10.7. The SMILES string of the molecule is CCC(C)C(=O)Cn1cc([N+](=O)[O-])c(C)cc1=O. The fourth-order valence-corrected chi connectivity index (χ4v) is 1.52. The predicted octanol–water partition coefficient (Wildman–Crippen LogP) is 1.68. The van der Waals surface area contributed by atoms with E-state index in [1.807, 2.05) is 6.92 Å². The van der Waals surface area contributed by atoms with Gasteiger partial charge in [0, 0.05) is 17.5 Å². The lowest BCUT2D eigenvalue weighted by molar-refractivity contribution is -0.385. The van der Waals surface area contributed by atoms with Gasteiger partial charge in [-0.25, -0.2) is 0 Å². The molecule has 0 aromatic carbocycles. The highest BCUT2D eigenvalue weighted by Crippen LogP contribution is 2.14. The number of aryl methyl sites for hydroxylation is 1. The van der Waals surface area contributed by atoms with Crippen LogP contribution >= 0.6 is 0 Å². The molecule has 0 saturated heterocycles. The summed E-state index contributed by atoms with van der Waals surface area (Å²) in [6.07, 6.45) is 1.82. The maximum Gasteiger partial charge on any atom is 0.288 e. The van der Waals surface area contributed by atoms with Crippen LogP contribution in [0.15, 0.2) is 17.1 Å². The molecule has 1 aromatic heterocycles. The fraction of sp³-hybridized carbons (Fsp3) is 0.500. The van der Waals surface area contributed by atoms with E-state index in [2.05, 4.69) is 0 Å². The summed E-state index contributed by atoms with van der Waals surface area (Å²) in [5.41, 5.74) is -0.237. The number of Topliss-reactive ketones (excluding diaryl/α,β-unsaturated/α-hetero) is 1. The summed E-state index contributed by atoms with van der Waals surface area (Å²) in [6.45, 7) is 5.04. The number of carbonyl (C=O) groups excluding carboxylic acids is 1. The van der Waals surface area contributed by atoms with Crippen molar-refractivity contribution in [1.82, 2.24) is 4.57 Å². The highest BCUT2D eigenvalue weighted by molar-refractivity contribution is 5.80. The van der Waals surface area contributed by atoms with Crippen molar-refractivity contribution in [1.29, 1.82) is 0 Å². The topological polar surface area (TPSA) is 82.2 Å². The zero-order valence-corrected chi connectivity index (χ0v) is 10.7. The molecule has 1 unspecified atom stereocenters. The summed E-state index contributed by atoms with van der Waals surface area (Å²) >= 11 is 0. The quantitative estimate of drug-likeness (QED) is 0.589. The van der Waals surface area contributed by atoms with E-state index in [9.17, 15) is 19.7 Å². The van der Waals surface area contributed by atoms with Gasteiger partial charge >= 0.3 is 0 Å². The molecule has 98 valence electrons. The molecule has 0 fully saturated rings. The lowest BCUT2D eigenvalue weighted by Crippen LogP contribution is -2.26. The van der Waals surface area contributed by atoms with Crippen LogP contribution in [-0.4, -0.2) is 15.3 Å². The average molecular weight is 252 g/mol. The molecule has 0 bridgehead atoms. The molecule has 0 aliphatic heterocycles. The second-order valence-corrected chi connectivity index (χ2v) is 4.34. The molecule has 1 aromatic rings. The molecular weight excluding hydrogens is 236 g/mol. The van der Waals surface area contributed by atoms with Gasteiger partial charge in [-0.3, -0.25) is 19.7 Å². The summed E-state index contributed by atoms with van der Waals surface area (Å²) in [7, 11) is 0. The molecule has 1 atom stereocenters. The minimum Gasteiger partial charge on any atom is -0.301 e. The van der Waals surface area contributed by atoms with Gasteiger partial charge in [0.05, 0.1) is 17.7 Å². The molecule has 0 N–H and O–H groups in total. The highest BCUT2D eigenvalue weighted by Gasteiger charge is 2.16. The number of pyridine rings is 1. The number of carbonyl (C=O) groups is 1.